The Labute approximate surface area is 180 Å². The molecule has 6 atom stereocenters. The van der Waals surface area contributed by atoms with E-state index >= 15 is 0 Å². The molecule has 0 saturated carbocycles. The first-order valence-corrected chi connectivity index (χ1v) is 10.0. The number of amides is 3. The zero-order valence-corrected chi connectivity index (χ0v) is 18.4. The lowest BCUT2D eigenvalue weighted by molar-refractivity contribution is -0.147. The maximum Gasteiger partial charge on any atom is 0.326 e. The van der Waals surface area contributed by atoms with Crippen molar-refractivity contribution >= 4 is 29.7 Å². The lowest BCUT2D eigenvalue weighted by Gasteiger charge is -2.28. The summed E-state index contributed by atoms with van der Waals surface area (Å²) >= 11 is 0. The van der Waals surface area contributed by atoms with Gasteiger partial charge in [0.1, 0.15) is 18.1 Å². The second-order valence-electron chi connectivity index (χ2n) is 7.87. The van der Waals surface area contributed by atoms with Gasteiger partial charge in [-0.05, 0) is 18.8 Å². The molecule has 6 unspecified atom stereocenters. The van der Waals surface area contributed by atoms with E-state index in [1.165, 1.54) is 6.92 Å². The average Bonchev–Trinajstić information content (AvgIpc) is 2.66. The SMILES string of the molecule is CCC(C)C(N)C(=O)NC(C(=O)NC(C(=O)NC(CC(=O)O)C(=O)O)C(C)C)C(C)O. The highest BCUT2D eigenvalue weighted by Crippen LogP contribution is 2.08. The van der Waals surface area contributed by atoms with Gasteiger partial charge in [0.25, 0.3) is 0 Å². The molecule has 0 aromatic rings. The summed E-state index contributed by atoms with van der Waals surface area (Å²) in [6.07, 6.45) is -1.54. The first-order chi connectivity index (χ1) is 14.2. The Bertz CT molecular complexity index is 667. The smallest absolute Gasteiger partial charge is 0.326 e. The first-order valence-electron chi connectivity index (χ1n) is 10.0. The number of nitrogens with one attached hydrogen (secondary N) is 3. The number of carboxylic acid groups (broad SMARTS) is 2. The van der Waals surface area contributed by atoms with E-state index < -0.39 is 72.3 Å². The van der Waals surface area contributed by atoms with Crippen LogP contribution in [0.1, 0.15) is 47.5 Å². The summed E-state index contributed by atoms with van der Waals surface area (Å²) in [5, 5.41) is 34.7. The number of nitrogens with two attached hydrogens (primary N) is 1. The van der Waals surface area contributed by atoms with Gasteiger partial charge in [0.2, 0.25) is 17.7 Å². The Hall–Kier alpha value is -2.73. The van der Waals surface area contributed by atoms with E-state index in [4.69, 9.17) is 15.9 Å². The van der Waals surface area contributed by atoms with Crippen LogP contribution < -0.4 is 21.7 Å². The third-order valence-electron chi connectivity index (χ3n) is 4.86. The molecular weight excluding hydrogens is 412 g/mol. The highest BCUT2D eigenvalue weighted by atomic mass is 16.4. The predicted molar refractivity (Wildman–Crippen MR) is 110 cm³/mol. The van der Waals surface area contributed by atoms with Crippen LogP contribution in [0.5, 0.6) is 0 Å². The Balaban J connectivity index is 5.41. The molecule has 8 N–H and O–H groups in total. The normalized spacial score (nSPS) is 16.9. The summed E-state index contributed by atoms with van der Waals surface area (Å²) in [5.74, 6) is -6.09. The first kappa shape index (κ1) is 28.3. The summed E-state index contributed by atoms with van der Waals surface area (Å²) in [6.45, 7) is 8.03. The van der Waals surface area contributed by atoms with Crippen LogP contribution in [0.2, 0.25) is 0 Å². The number of aliphatic hydroxyl groups is 1. The van der Waals surface area contributed by atoms with Crippen molar-refractivity contribution in [1.82, 2.24) is 16.0 Å². The van der Waals surface area contributed by atoms with Crippen molar-refractivity contribution in [3.05, 3.63) is 0 Å². The van der Waals surface area contributed by atoms with Gasteiger partial charge in [-0.25, -0.2) is 4.79 Å². The van der Waals surface area contributed by atoms with Crippen LogP contribution in [-0.2, 0) is 24.0 Å². The van der Waals surface area contributed by atoms with Crippen molar-refractivity contribution in [3.63, 3.8) is 0 Å². The minimum absolute atomic E-state index is 0.172. The molecule has 12 nitrogen and oxygen atoms in total. The van der Waals surface area contributed by atoms with Crippen molar-refractivity contribution < 1.29 is 39.3 Å². The lowest BCUT2D eigenvalue weighted by atomic mass is 9.98. The number of carboxylic acids is 2. The highest BCUT2D eigenvalue weighted by Gasteiger charge is 2.34. The van der Waals surface area contributed by atoms with Gasteiger partial charge < -0.3 is 37.0 Å². The minimum Gasteiger partial charge on any atom is -0.481 e. The van der Waals surface area contributed by atoms with Crippen molar-refractivity contribution in [2.24, 2.45) is 17.6 Å². The molecule has 0 heterocycles. The standard InChI is InChI=1S/C19H34N4O8/c1-6-9(4)13(20)16(27)23-15(10(5)24)18(29)22-14(8(2)3)17(28)21-11(19(30)31)7-12(25)26/h8-11,13-15,24H,6-7,20H2,1-5H3,(H,21,28)(H,22,29)(H,23,27)(H,25,26)(H,30,31). The van der Waals surface area contributed by atoms with E-state index in [0.717, 1.165) is 0 Å². The summed E-state index contributed by atoms with van der Waals surface area (Å²) < 4.78 is 0. The molecule has 0 aliphatic heterocycles. The van der Waals surface area contributed by atoms with Gasteiger partial charge >= 0.3 is 11.9 Å². The minimum atomic E-state index is -1.69. The van der Waals surface area contributed by atoms with Gasteiger partial charge in [0.15, 0.2) is 0 Å². The molecule has 0 fully saturated rings. The molecule has 3 amide bonds. The molecule has 0 saturated heterocycles. The number of rotatable bonds is 13. The van der Waals surface area contributed by atoms with E-state index in [-0.39, 0.29) is 5.92 Å². The van der Waals surface area contributed by atoms with Gasteiger partial charge in [-0.15, -0.1) is 0 Å². The molecule has 0 aromatic heterocycles. The zero-order chi connectivity index (χ0) is 24.5. The quantitative estimate of drug-likeness (QED) is 0.174. The Morgan fingerprint density at radius 1 is 0.839 bits per heavy atom. The third-order valence-corrected chi connectivity index (χ3v) is 4.86. The Kier molecular flexibility index (Phi) is 11.7. The maximum atomic E-state index is 12.7. The van der Waals surface area contributed by atoms with Gasteiger partial charge in [-0.3, -0.25) is 19.2 Å². The number of carbonyl (C=O) groups is 5. The van der Waals surface area contributed by atoms with E-state index in [1.54, 1.807) is 20.8 Å². The van der Waals surface area contributed by atoms with Crippen molar-refractivity contribution in [3.8, 4) is 0 Å². The van der Waals surface area contributed by atoms with Crippen LogP contribution in [0, 0.1) is 11.8 Å². The topological polar surface area (TPSA) is 208 Å². The fourth-order valence-corrected chi connectivity index (χ4v) is 2.58. The van der Waals surface area contributed by atoms with Crippen LogP contribution >= 0.6 is 0 Å². The molecule has 0 spiro atoms. The van der Waals surface area contributed by atoms with Gasteiger partial charge in [-0.1, -0.05) is 34.1 Å². The fourth-order valence-electron chi connectivity index (χ4n) is 2.58. The number of aliphatic hydroxyl groups excluding tert-OH is 1. The zero-order valence-electron chi connectivity index (χ0n) is 18.4. The van der Waals surface area contributed by atoms with Crippen molar-refractivity contribution in [2.45, 2.75) is 77.7 Å². The second-order valence-corrected chi connectivity index (χ2v) is 7.87. The fraction of sp³-hybridized carbons (Fsp3) is 0.737. The summed E-state index contributed by atoms with van der Waals surface area (Å²) in [6, 6.07) is -5.25. The summed E-state index contributed by atoms with van der Waals surface area (Å²) in [4.78, 5) is 59.5. The molecule has 0 bridgehead atoms. The van der Waals surface area contributed by atoms with Crippen molar-refractivity contribution in [1.29, 1.82) is 0 Å². The summed E-state index contributed by atoms with van der Waals surface area (Å²) in [5.41, 5.74) is 5.85. The molecule has 31 heavy (non-hydrogen) atoms. The number of carbonyl (C=O) groups excluding carboxylic acids is 3. The second kappa shape index (κ2) is 12.8. The molecule has 12 heteroatoms. The van der Waals surface area contributed by atoms with Crippen LogP contribution in [0.15, 0.2) is 0 Å². The number of hydrogen-bond acceptors (Lipinski definition) is 7. The molecule has 178 valence electrons. The number of aliphatic carboxylic acids is 2. The van der Waals surface area contributed by atoms with Crippen molar-refractivity contribution in [2.75, 3.05) is 0 Å². The van der Waals surface area contributed by atoms with E-state index in [1.807, 2.05) is 6.92 Å². The largest absolute Gasteiger partial charge is 0.481 e. The lowest BCUT2D eigenvalue weighted by Crippen LogP contribution is -2.61. The monoisotopic (exact) mass is 446 g/mol. The Morgan fingerprint density at radius 2 is 1.32 bits per heavy atom. The number of hydrogen-bond donors (Lipinski definition) is 7. The third kappa shape index (κ3) is 9.30. The van der Waals surface area contributed by atoms with Crippen LogP contribution in [0.3, 0.4) is 0 Å². The highest BCUT2D eigenvalue weighted by molar-refractivity contribution is 5.95. The average molecular weight is 447 g/mol. The Morgan fingerprint density at radius 3 is 1.71 bits per heavy atom. The van der Waals surface area contributed by atoms with Crippen LogP contribution in [0.4, 0.5) is 0 Å². The van der Waals surface area contributed by atoms with Gasteiger partial charge in [0.05, 0.1) is 18.6 Å². The summed E-state index contributed by atoms with van der Waals surface area (Å²) in [7, 11) is 0. The molecular formula is C19H34N4O8. The van der Waals surface area contributed by atoms with Gasteiger partial charge in [0, 0.05) is 0 Å². The maximum absolute atomic E-state index is 12.7. The molecule has 0 aliphatic rings. The predicted octanol–water partition coefficient (Wildman–Crippen LogP) is -1.59. The van der Waals surface area contributed by atoms with E-state index in [2.05, 4.69) is 16.0 Å². The van der Waals surface area contributed by atoms with Crippen LogP contribution in [-0.4, -0.2) is 75.3 Å². The van der Waals surface area contributed by atoms with Crippen LogP contribution in [0.25, 0.3) is 0 Å². The molecule has 0 aliphatic carbocycles. The van der Waals surface area contributed by atoms with Gasteiger partial charge in [-0.2, -0.15) is 0 Å². The molecule has 0 radical (unpaired) electrons. The van der Waals surface area contributed by atoms with E-state index in [9.17, 15) is 29.1 Å². The molecule has 0 rings (SSSR count). The van der Waals surface area contributed by atoms with E-state index in [0.29, 0.717) is 6.42 Å². The molecule has 0 aromatic carbocycles.